The van der Waals surface area contributed by atoms with Crippen LogP contribution in [0, 0.1) is 0 Å². The van der Waals surface area contributed by atoms with Gasteiger partial charge in [-0.3, -0.25) is 14.4 Å². The average Bonchev–Trinajstić information content (AvgIpc) is 3.06. The van der Waals surface area contributed by atoms with E-state index in [4.69, 9.17) is 23.2 Å². The number of hydrogen-bond donors (Lipinski definition) is 3. The SMILES string of the molecule is O=C(Nc1cccc(SC(C(=O)Nc2ccc(Cl)cn2)c2ccccc2)c1)/C(=C/c1ccc(Cl)cc1)NC(=O)c1ccccc1. The van der Waals surface area contributed by atoms with Crippen molar-refractivity contribution in [2.45, 2.75) is 10.1 Å². The quantitative estimate of drug-likeness (QED) is 0.104. The zero-order chi connectivity index (χ0) is 31.6. The number of hydrogen-bond acceptors (Lipinski definition) is 5. The third-order valence-corrected chi connectivity index (χ3v) is 8.10. The first kappa shape index (κ1) is 31.5. The Kier molecular flexibility index (Phi) is 10.7. The topological polar surface area (TPSA) is 100 Å². The molecule has 45 heavy (non-hydrogen) atoms. The number of benzene rings is 4. The van der Waals surface area contributed by atoms with Crippen molar-refractivity contribution in [2.24, 2.45) is 0 Å². The van der Waals surface area contributed by atoms with Crippen molar-refractivity contribution in [1.29, 1.82) is 0 Å². The lowest BCUT2D eigenvalue weighted by molar-refractivity contribution is -0.116. The number of pyridine rings is 1. The van der Waals surface area contributed by atoms with E-state index in [0.717, 1.165) is 10.5 Å². The van der Waals surface area contributed by atoms with Gasteiger partial charge in [0, 0.05) is 27.4 Å². The van der Waals surface area contributed by atoms with E-state index in [9.17, 15) is 14.4 Å². The van der Waals surface area contributed by atoms with Crippen LogP contribution in [-0.2, 0) is 9.59 Å². The summed E-state index contributed by atoms with van der Waals surface area (Å²) < 4.78 is 0. The molecular formula is C35H26Cl2N4O3S. The lowest BCUT2D eigenvalue weighted by Gasteiger charge is -2.17. The molecular weight excluding hydrogens is 627 g/mol. The maximum absolute atomic E-state index is 13.5. The summed E-state index contributed by atoms with van der Waals surface area (Å²) in [6, 6.07) is 35.3. The van der Waals surface area contributed by atoms with Gasteiger partial charge in [-0.15, -0.1) is 11.8 Å². The highest BCUT2D eigenvalue weighted by Gasteiger charge is 2.23. The molecule has 3 N–H and O–H groups in total. The van der Waals surface area contributed by atoms with Gasteiger partial charge in [0.2, 0.25) is 5.91 Å². The summed E-state index contributed by atoms with van der Waals surface area (Å²) in [5, 5.41) is 8.85. The van der Waals surface area contributed by atoms with E-state index in [1.54, 1.807) is 91.0 Å². The summed E-state index contributed by atoms with van der Waals surface area (Å²) in [7, 11) is 0. The van der Waals surface area contributed by atoms with Gasteiger partial charge in [0.15, 0.2) is 0 Å². The van der Waals surface area contributed by atoms with Crippen LogP contribution in [0.25, 0.3) is 6.08 Å². The molecule has 1 heterocycles. The van der Waals surface area contributed by atoms with E-state index >= 15 is 0 Å². The van der Waals surface area contributed by atoms with Crippen molar-refractivity contribution in [1.82, 2.24) is 10.3 Å². The fourth-order valence-electron chi connectivity index (χ4n) is 4.19. The van der Waals surface area contributed by atoms with E-state index in [1.165, 1.54) is 18.0 Å². The molecule has 0 aliphatic carbocycles. The maximum Gasteiger partial charge on any atom is 0.272 e. The van der Waals surface area contributed by atoms with Gasteiger partial charge in [0.1, 0.15) is 16.8 Å². The van der Waals surface area contributed by atoms with Crippen LogP contribution < -0.4 is 16.0 Å². The molecule has 0 aliphatic rings. The Balaban J connectivity index is 1.37. The molecule has 0 fully saturated rings. The van der Waals surface area contributed by atoms with Gasteiger partial charge in [-0.05, 0) is 71.8 Å². The van der Waals surface area contributed by atoms with Crippen LogP contribution in [0.1, 0.15) is 26.7 Å². The summed E-state index contributed by atoms with van der Waals surface area (Å²) in [5.41, 5.74) is 2.40. The van der Waals surface area contributed by atoms with E-state index in [2.05, 4.69) is 20.9 Å². The van der Waals surface area contributed by atoms with Crippen molar-refractivity contribution < 1.29 is 14.4 Å². The van der Waals surface area contributed by atoms with Gasteiger partial charge in [0.25, 0.3) is 11.8 Å². The van der Waals surface area contributed by atoms with Crippen LogP contribution in [0.2, 0.25) is 10.0 Å². The molecule has 0 radical (unpaired) electrons. The molecule has 5 aromatic rings. The lowest BCUT2D eigenvalue weighted by Crippen LogP contribution is -2.30. The van der Waals surface area contributed by atoms with Gasteiger partial charge < -0.3 is 16.0 Å². The Morgan fingerprint density at radius 3 is 2.11 bits per heavy atom. The smallest absolute Gasteiger partial charge is 0.272 e. The molecule has 5 rings (SSSR count). The van der Waals surface area contributed by atoms with Gasteiger partial charge in [-0.1, -0.05) is 89.9 Å². The summed E-state index contributed by atoms with van der Waals surface area (Å²) in [6.07, 6.45) is 3.04. The molecule has 0 bridgehead atoms. The molecule has 1 aromatic heterocycles. The first-order valence-corrected chi connectivity index (χ1v) is 15.4. The van der Waals surface area contributed by atoms with Crippen molar-refractivity contribution in [2.75, 3.05) is 10.6 Å². The number of carbonyl (C=O) groups excluding carboxylic acids is 3. The highest BCUT2D eigenvalue weighted by molar-refractivity contribution is 8.00. The van der Waals surface area contributed by atoms with Crippen LogP contribution in [0.5, 0.6) is 0 Å². The summed E-state index contributed by atoms with van der Waals surface area (Å²) in [4.78, 5) is 44.9. The minimum Gasteiger partial charge on any atom is -0.321 e. The first-order chi connectivity index (χ1) is 21.8. The van der Waals surface area contributed by atoms with Gasteiger partial charge in [-0.25, -0.2) is 4.98 Å². The molecule has 1 unspecified atom stereocenters. The van der Waals surface area contributed by atoms with Gasteiger partial charge in [0.05, 0.1) is 5.02 Å². The molecule has 0 saturated carbocycles. The summed E-state index contributed by atoms with van der Waals surface area (Å²) in [5.74, 6) is -0.846. The minimum absolute atomic E-state index is 0.0428. The number of anilines is 2. The third-order valence-electron chi connectivity index (χ3n) is 6.37. The Morgan fingerprint density at radius 2 is 1.42 bits per heavy atom. The Labute approximate surface area is 274 Å². The van der Waals surface area contributed by atoms with Gasteiger partial charge in [-0.2, -0.15) is 0 Å². The van der Waals surface area contributed by atoms with E-state index in [0.29, 0.717) is 32.7 Å². The van der Waals surface area contributed by atoms with E-state index < -0.39 is 17.1 Å². The van der Waals surface area contributed by atoms with Crippen LogP contribution in [0.15, 0.2) is 138 Å². The number of halogens is 2. The molecule has 7 nitrogen and oxygen atoms in total. The van der Waals surface area contributed by atoms with Gasteiger partial charge >= 0.3 is 0 Å². The largest absolute Gasteiger partial charge is 0.321 e. The number of rotatable bonds is 10. The number of carbonyl (C=O) groups is 3. The summed E-state index contributed by atoms with van der Waals surface area (Å²) in [6.45, 7) is 0. The standard InChI is InChI=1S/C35H26Cl2N4O3S/c36-26-16-14-23(15-17-26)20-30(40-33(42)25-10-5-2-6-11-25)34(43)39-28-12-7-13-29(21-28)45-32(24-8-3-1-4-9-24)35(44)41-31-19-18-27(37)22-38-31/h1-22,32H,(H,39,43)(H,40,42)(H,38,41,44)/b30-20-. The van der Waals surface area contributed by atoms with Crippen LogP contribution in [0.4, 0.5) is 11.5 Å². The van der Waals surface area contributed by atoms with Crippen LogP contribution >= 0.6 is 35.0 Å². The monoisotopic (exact) mass is 652 g/mol. The van der Waals surface area contributed by atoms with E-state index in [1.807, 2.05) is 36.4 Å². The molecule has 0 aliphatic heterocycles. The lowest BCUT2D eigenvalue weighted by atomic mass is 10.1. The maximum atomic E-state index is 13.5. The molecule has 1 atom stereocenters. The molecule has 4 aromatic carbocycles. The van der Waals surface area contributed by atoms with Crippen LogP contribution in [0.3, 0.4) is 0 Å². The molecule has 224 valence electrons. The highest BCUT2D eigenvalue weighted by atomic mass is 35.5. The normalized spacial score (nSPS) is 11.7. The zero-order valence-corrected chi connectivity index (χ0v) is 25.9. The molecule has 10 heteroatoms. The number of amides is 3. The number of nitrogens with one attached hydrogen (secondary N) is 3. The predicted octanol–water partition coefficient (Wildman–Crippen LogP) is 8.27. The fraction of sp³-hybridized carbons (Fsp3) is 0.0286. The molecule has 3 amide bonds. The number of aromatic nitrogens is 1. The number of nitrogens with zero attached hydrogens (tertiary/aromatic N) is 1. The highest BCUT2D eigenvalue weighted by Crippen LogP contribution is 2.37. The van der Waals surface area contributed by atoms with Crippen molar-refractivity contribution in [3.8, 4) is 0 Å². The molecule has 0 spiro atoms. The second-order valence-electron chi connectivity index (χ2n) is 9.67. The average molecular weight is 654 g/mol. The zero-order valence-electron chi connectivity index (χ0n) is 23.6. The molecule has 0 saturated heterocycles. The fourth-order valence-corrected chi connectivity index (χ4v) is 5.51. The Hall–Kier alpha value is -4.89. The summed E-state index contributed by atoms with van der Waals surface area (Å²) >= 11 is 13.3. The Morgan fingerprint density at radius 1 is 0.733 bits per heavy atom. The van der Waals surface area contributed by atoms with Crippen molar-refractivity contribution in [3.63, 3.8) is 0 Å². The van der Waals surface area contributed by atoms with Crippen molar-refractivity contribution >= 4 is 70.3 Å². The first-order valence-electron chi connectivity index (χ1n) is 13.7. The van der Waals surface area contributed by atoms with Crippen molar-refractivity contribution in [3.05, 3.63) is 160 Å². The predicted molar refractivity (Wildman–Crippen MR) is 181 cm³/mol. The Bertz CT molecular complexity index is 1820. The van der Waals surface area contributed by atoms with E-state index in [-0.39, 0.29) is 11.6 Å². The minimum atomic E-state index is -0.625. The number of thioether (sulfide) groups is 1. The second-order valence-corrected chi connectivity index (χ2v) is 11.7. The third kappa shape index (κ3) is 9.06. The second kappa shape index (κ2) is 15.2. The van der Waals surface area contributed by atoms with Crippen LogP contribution in [-0.4, -0.2) is 22.7 Å².